The van der Waals surface area contributed by atoms with Crippen molar-refractivity contribution in [3.05, 3.63) is 35.5 Å². The molecule has 2 aromatic heterocycles. The summed E-state index contributed by atoms with van der Waals surface area (Å²) in [6.45, 7) is 4.52. The third kappa shape index (κ3) is 3.46. The average Bonchev–Trinajstić information content (AvgIpc) is 3.00. The predicted octanol–water partition coefficient (Wildman–Crippen LogP) is 2.19. The van der Waals surface area contributed by atoms with Gasteiger partial charge in [0, 0.05) is 31.6 Å². The van der Waals surface area contributed by atoms with Crippen LogP contribution < -0.4 is 5.32 Å². The molecule has 2 aromatic rings. The van der Waals surface area contributed by atoms with E-state index in [1.807, 2.05) is 33.0 Å². The van der Waals surface area contributed by atoms with Gasteiger partial charge in [0.2, 0.25) is 5.91 Å². The van der Waals surface area contributed by atoms with Crippen molar-refractivity contribution in [3.63, 3.8) is 0 Å². The largest absolute Gasteiger partial charge is 0.371 e. The summed E-state index contributed by atoms with van der Waals surface area (Å²) in [4.78, 5) is 21.5. The Morgan fingerprint density at radius 1 is 1.46 bits per heavy atom. The average molecular weight is 329 g/mol. The molecule has 7 nitrogen and oxygen atoms in total. The van der Waals surface area contributed by atoms with Gasteiger partial charge < -0.3 is 10.1 Å². The Balaban J connectivity index is 1.80. The lowest BCUT2D eigenvalue weighted by Crippen LogP contribution is -2.34. The van der Waals surface area contributed by atoms with E-state index in [1.165, 1.54) is 0 Å². The van der Waals surface area contributed by atoms with Crippen molar-refractivity contribution in [2.75, 3.05) is 11.9 Å². The summed E-state index contributed by atoms with van der Waals surface area (Å²) in [5.41, 5.74) is 1.84. The number of aryl methyl sites for hydroxylation is 3. The standard InChI is InChI=1S/C17H23N5O2/c1-4-12-10-15(20-11(2)19-12)21-17(23)13-6-5-9-24-16(13)14-7-8-18-22(14)3/h7-8,10,13,16H,4-6,9H2,1-3H3,(H,19,20,21,23)/t13-,16-/m1/s1. The van der Waals surface area contributed by atoms with Crippen molar-refractivity contribution in [1.82, 2.24) is 19.7 Å². The molecule has 3 rings (SSSR count). The van der Waals surface area contributed by atoms with Gasteiger partial charge in [-0.15, -0.1) is 0 Å². The first-order valence-corrected chi connectivity index (χ1v) is 8.33. The number of hydrogen-bond donors (Lipinski definition) is 1. The maximum atomic E-state index is 12.8. The summed E-state index contributed by atoms with van der Waals surface area (Å²) in [6.07, 6.45) is 3.90. The smallest absolute Gasteiger partial charge is 0.231 e. The molecule has 2 atom stereocenters. The van der Waals surface area contributed by atoms with Crippen LogP contribution in [0.5, 0.6) is 0 Å². The molecule has 7 heteroatoms. The van der Waals surface area contributed by atoms with Crippen molar-refractivity contribution >= 4 is 11.7 Å². The van der Waals surface area contributed by atoms with Crippen molar-refractivity contribution in [2.24, 2.45) is 13.0 Å². The number of aromatic nitrogens is 4. The molecule has 1 saturated heterocycles. The monoisotopic (exact) mass is 329 g/mol. The fourth-order valence-corrected chi connectivity index (χ4v) is 3.10. The first-order chi connectivity index (χ1) is 11.6. The van der Waals surface area contributed by atoms with Crippen LogP contribution in [0.25, 0.3) is 0 Å². The molecule has 3 heterocycles. The molecular weight excluding hydrogens is 306 g/mol. The number of hydrogen-bond acceptors (Lipinski definition) is 5. The van der Waals surface area contributed by atoms with Crippen LogP contribution in [0, 0.1) is 12.8 Å². The third-order valence-electron chi connectivity index (χ3n) is 4.31. The van der Waals surface area contributed by atoms with E-state index in [0.29, 0.717) is 18.2 Å². The number of nitrogens with zero attached hydrogens (tertiary/aromatic N) is 4. The molecule has 1 fully saturated rings. The zero-order valence-electron chi connectivity index (χ0n) is 14.3. The van der Waals surface area contributed by atoms with E-state index >= 15 is 0 Å². The van der Waals surface area contributed by atoms with Gasteiger partial charge in [-0.3, -0.25) is 9.48 Å². The van der Waals surface area contributed by atoms with Crippen molar-refractivity contribution in [3.8, 4) is 0 Å². The van der Waals surface area contributed by atoms with E-state index in [9.17, 15) is 4.79 Å². The Bertz CT molecular complexity index is 728. The molecule has 0 bridgehead atoms. The van der Waals surface area contributed by atoms with Crippen LogP contribution in [0.1, 0.15) is 43.1 Å². The maximum absolute atomic E-state index is 12.8. The van der Waals surface area contributed by atoms with Gasteiger partial charge in [0.05, 0.1) is 11.6 Å². The summed E-state index contributed by atoms with van der Waals surface area (Å²) in [5, 5.41) is 7.13. The van der Waals surface area contributed by atoms with Gasteiger partial charge in [-0.2, -0.15) is 5.10 Å². The molecule has 0 aliphatic carbocycles. The molecule has 0 aromatic carbocycles. The Morgan fingerprint density at radius 3 is 3.00 bits per heavy atom. The third-order valence-corrected chi connectivity index (χ3v) is 4.31. The molecule has 0 radical (unpaired) electrons. The second kappa shape index (κ2) is 7.09. The summed E-state index contributed by atoms with van der Waals surface area (Å²) in [5.74, 6) is 0.891. The van der Waals surface area contributed by atoms with Crippen molar-refractivity contribution in [2.45, 2.75) is 39.2 Å². The molecule has 0 unspecified atom stereocenters. The molecule has 1 aliphatic heterocycles. The van der Waals surface area contributed by atoms with Gasteiger partial charge in [-0.25, -0.2) is 9.97 Å². The second-order valence-electron chi connectivity index (χ2n) is 6.05. The van der Waals surface area contributed by atoms with Crippen molar-refractivity contribution < 1.29 is 9.53 Å². The Kier molecular flexibility index (Phi) is 4.89. The minimum atomic E-state index is -0.278. The highest BCUT2D eigenvalue weighted by Gasteiger charge is 2.35. The number of carbonyl (C=O) groups is 1. The van der Waals surface area contributed by atoms with E-state index in [-0.39, 0.29) is 17.9 Å². The number of nitrogens with one attached hydrogen (secondary N) is 1. The van der Waals surface area contributed by atoms with Gasteiger partial charge in [-0.1, -0.05) is 6.92 Å². The first kappa shape index (κ1) is 16.6. The van der Waals surface area contributed by atoms with Crippen LogP contribution in [0.2, 0.25) is 0 Å². The highest BCUT2D eigenvalue weighted by molar-refractivity contribution is 5.92. The van der Waals surface area contributed by atoms with E-state index in [1.54, 1.807) is 10.9 Å². The lowest BCUT2D eigenvalue weighted by Gasteiger charge is -2.30. The lowest BCUT2D eigenvalue weighted by atomic mass is 9.91. The molecule has 128 valence electrons. The molecule has 0 saturated carbocycles. The molecule has 1 aliphatic rings. The second-order valence-corrected chi connectivity index (χ2v) is 6.05. The van der Waals surface area contributed by atoms with Gasteiger partial charge in [0.25, 0.3) is 0 Å². The predicted molar refractivity (Wildman–Crippen MR) is 89.4 cm³/mol. The first-order valence-electron chi connectivity index (χ1n) is 8.33. The van der Waals surface area contributed by atoms with Gasteiger partial charge in [0.1, 0.15) is 17.7 Å². The number of rotatable bonds is 4. The Hall–Kier alpha value is -2.28. The summed E-state index contributed by atoms with van der Waals surface area (Å²) in [7, 11) is 1.86. The minimum absolute atomic E-state index is 0.0685. The molecule has 1 N–H and O–H groups in total. The zero-order chi connectivity index (χ0) is 17.1. The van der Waals surface area contributed by atoms with Crippen LogP contribution >= 0.6 is 0 Å². The molecule has 0 spiro atoms. The summed E-state index contributed by atoms with van der Waals surface area (Å²) in [6, 6.07) is 3.73. The van der Waals surface area contributed by atoms with E-state index in [4.69, 9.17) is 4.74 Å². The van der Waals surface area contributed by atoms with Gasteiger partial charge in [-0.05, 0) is 32.3 Å². The van der Waals surface area contributed by atoms with E-state index in [0.717, 1.165) is 30.7 Å². The SMILES string of the molecule is CCc1cc(NC(=O)[C@@H]2CCCO[C@H]2c2ccnn2C)nc(C)n1. The van der Waals surface area contributed by atoms with Crippen molar-refractivity contribution in [1.29, 1.82) is 0 Å². The molecular formula is C17H23N5O2. The maximum Gasteiger partial charge on any atom is 0.231 e. The summed E-state index contributed by atoms with van der Waals surface area (Å²) < 4.78 is 7.65. The molecule has 24 heavy (non-hydrogen) atoms. The van der Waals surface area contributed by atoms with Crippen LogP contribution in [0.3, 0.4) is 0 Å². The van der Waals surface area contributed by atoms with Gasteiger partial charge in [0.15, 0.2) is 0 Å². The zero-order valence-corrected chi connectivity index (χ0v) is 14.3. The van der Waals surface area contributed by atoms with Gasteiger partial charge >= 0.3 is 0 Å². The minimum Gasteiger partial charge on any atom is -0.371 e. The fraction of sp³-hybridized carbons (Fsp3) is 0.529. The quantitative estimate of drug-likeness (QED) is 0.930. The fourth-order valence-electron chi connectivity index (χ4n) is 3.10. The van der Waals surface area contributed by atoms with Crippen LogP contribution in [-0.4, -0.2) is 32.3 Å². The topological polar surface area (TPSA) is 81.9 Å². The highest BCUT2D eigenvalue weighted by Crippen LogP contribution is 2.34. The summed E-state index contributed by atoms with van der Waals surface area (Å²) >= 11 is 0. The normalized spacial score (nSPS) is 20.8. The van der Waals surface area contributed by atoms with Crippen LogP contribution in [-0.2, 0) is 23.0 Å². The number of amides is 1. The number of ether oxygens (including phenoxy) is 1. The molecule has 1 amide bonds. The van der Waals surface area contributed by atoms with E-state index in [2.05, 4.69) is 20.4 Å². The number of carbonyl (C=O) groups excluding carboxylic acids is 1. The Morgan fingerprint density at radius 2 is 2.29 bits per heavy atom. The van der Waals surface area contributed by atoms with Crippen LogP contribution in [0.15, 0.2) is 18.3 Å². The van der Waals surface area contributed by atoms with Crippen LogP contribution in [0.4, 0.5) is 5.82 Å². The Labute approximate surface area is 141 Å². The highest BCUT2D eigenvalue weighted by atomic mass is 16.5. The van der Waals surface area contributed by atoms with E-state index < -0.39 is 0 Å². The number of anilines is 1. The lowest BCUT2D eigenvalue weighted by molar-refractivity contribution is -0.129.